The number of hydrogen-bond donors (Lipinski definition) is 2. The Bertz CT molecular complexity index is 1410. The Morgan fingerprint density at radius 2 is 1.85 bits per heavy atom. The molecule has 1 aromatic heterocycles. The highest BCUT2D eigenvalue weighted by Gasteiger charge is 2.13. The Morgan fingerprint density at radius 3 is 2.48 bits per heavy atom. The highest BCUT2D eigenvalue weighted by Crippen LogP contribution is 2.36. The molecule has 0 aliphatic carbocycles. The number of nitriles is 1. The number of nitrogens with one attached hydrogen (secondary N) is 1. The molecule has 0 radical (unpaired) electrons. The summed E-state index contributed by atoms with van der Waals surface area (Å²) in [5.74, 6) is -0.238. The zero-order valence-electron chi connectivity index (χ0n) is 17.4. The molecule has 33 heavy (non-hydrogen) atoms. The molecule has 2 N–H and O–H groups in total. The van der Waals surface area contributed by atoms with Crippen molar-refractivity contribution in [3.8, 4) is 11.8 Å². The van der Waals surface area contributed by atoms with E-state index < -0.39 is 5.97 Å². The summed E-state index contributed by atoms with van der Waals surface area (Å²) in [6, 6.07) is 17.6. The van der Waals surface area contributed by atoms with Gasteiger partial charge in [0.15, 0.2) is 5.75 Å². The Morgan fingerprint density at radius 1 is 1.15 bits per heavy atom. The fourth-order valence-corrected chi connectivity index (χ4v) is 3.88. The molecule has 0 saturated heterocycles. The van der Waals surface area contributed by atoms with E-state index in [1.165, 1.54) is 12.1 Å². The lowest BCUT2D eigenvalue weighted by Gasteiger charge is -2.11. The van der Waals surface area contributed by atoms with Crippen LogP contribution in [-0.4, -0.2) is 21.0 Å². The molecule has 164 valence electrons. The van der Waals surface area contributed by atoms with Crippen molar-refractivity contribution in [1.29, 1.82) is 5.26 Å². The van der Waals surface area contributed by atoms with Gasteiger partial charge < -0.3 is 14.8 Å². The number of carboxylic acid groups (broad SMARTS) is 1. The molecule has 8 heteroatoms. The van der Waals surface area contributed by atoms with Crippen molar-refractivity contribution < 1.29 is 14.6 Å². The van der Waals surface area contributed by atoms with Gasteiger partial charge in [-0.15, -0.1) is 0 Å². The van der Waals surface area contributed by atoms with Gasteiger partial charge in [0.05, 0.1) is 32.2 Å². The molecule has 0 spiro atoms. The number of allylic oxidation sites excluding steroid dienone is 1. The number of rotatable bonds is 6. The summed E-state index contributed by atoms with van der Waals surface area (Å²) >= 11 is 12.8. The van der Waals surface area contributed by atoms with Gasteiger partial charge in [0.25, 0.3) is 0 Å². The van der Waals surface area contributed by atoms with Crippen LogP contribution in [0.5, 0.6) is 5.75 Å². The Labute approximate surface area is 199 Å². The smallest absolute Gasteiger partial charge is 0.335 e. The quantitative estimate of drug-likeness (QED) is 0.308. The summed E-state index contributed by atoms with van der Waals surface area (Å²) in [5, 5.41) is 19.2. The second-order valence-electron chi connectivity index (χ2n) is 7.38. The van der Waals surface area contributed by atoms with Gasteiger partial charge in [-0.25, -0.2) is 9.78 Å². The third kappa shape index (κ3) is 5.01. The second kappa shape index (κ2) is 9.37. The minimum atomic E-state index is -0.994. The van der Waals surface area contributed by atoms with E-state index in [1.54, 1.807) is 30.3 Å². The maximum absolute atomic E-state index is 11.0. The number of aryl methyl sites for hydroxylation is 1. The number of carboxylic acids is 1. The molecule has 4 aromatic rings. The van der Waals surface area contributed by atoms with E-state index >= 15 is 0 Å². The summed E-state index contributed by atoms with van der Waals surface area (Å²) in [7, 11) is 0. The molecule has 0 atom stereocenters. The average molecular weight is 478 g/mol. The first-order valence-electron chi connectivity index (χ1n) is 9.86. The molecular formula is C25H17Cl2N3O3. The van der Waals surface area contributed by atoms with Crippen molar-refractivity contribution in [1.82, 2.24) is 9.97 Å². The number of hydrogen-bond acceptors (Lipinski definition) is 4. The predicted molar refractivity (Wildman–Crippen MR) is 129 cm³/mol. The Kier molecular flexibility index (Phi) is 6.36. The van der Waals surface area contributed by atoms with Crippen molar-refractivity contribution in [2.45, 2.75) is 13.5 Å². The largest absolute Gasteiger partial charge is 0.486 e. The van der Waals surface area contributed by atoms with Crippen LogP contribution in [0.15, 0.2) is 54.6 Å². The fraction of sp³-hybridized carbons (Fsp3) is 0.0800. The van der Waals surface area contributed by atoms with Gasteiger partial charge in [-0.1, -0.05) is 41.4 Å². The SMILES string of the molecule is Cc1ccc2nc(C(C#N)=Cc3cc(Cl)c(OCc4ccc(C(=O)O)cc4)c(Cl)c3)[nH]c2c1. The van der Waals surface area contributed by atoms with Gasteiger partial charge in [0.1, 0.15) is 18.5 Å². The van der Waals surface area contributed by atoms with Crippen molar-refractivity contribution >= 4 is 51.9 Å². The molecule has 0 fully saturated rings. The minimum Gasteiger partial charge on any atom is -0.486 e. The lowest BCUT2D eigenvalue weighted by atomic mass is 10.1. The van der Waals surface area contributed by atoms with Gasteiger partial charge in [-0.3, -0.25) is 0 Å². The molecule has 0 aliphatic rings. The zero-order chi connectivity index (χ0) is 23.5. The van der Waals surface area contributed by atoms with E-state index in [-0.39, 0.29) is 22.2 Å². The van der Waals surface area contributed by atoms with Crippen LogP contribution in [0, 0.1) is 18.3 Å². The number of ether oxygens (including phenoxy) is 1. The van der Waals surface area contributed by atoms with Crippen LogP contribution in [0.1, 0.15) is 32.9 Å². The van der Waals surface area contributed by atoms with Crippen LogP contribution in [-0.2, 0) is 6.61 Å². The van der Waals surface area contributed by atoms with Crippen LogP contribution in [0.2, 0.25) is 10.0 Å². The molecule has 0 aliphatic heterocycles. The zero-order valence-corrected chi connectivity index (χ0v) is 18.9. The number of aromatic amines is 1. The topological polar surface area (TPSA) is 99.0 Å². The number of H-pyrrole nitrogens is 1. The molecule has 0 bridgehead atoms. The summed E-state index contributed by atoms with van der Waals surface area (Å²) in [6.45, 7) is 2.15. The molecule has 6 nitrogen and oxygen atoms in total. The van der Waals surface area contributed by atoms with E-state index in [4.69, 9.17) is 33.0 Å². The number of halogens is 2. The Hall–Kier alpha value is -3.79. The first-order chi connectivity index (χ1) is 15.8. The van der Waals surface area contributed by atoms with Crippen LogP contribution < -0.4 is 4.74 Å². The summed E-state index contributed by atoms with van der Waals surface area (Å²) in [5.41, 5.74) is 4.63. The van der Waals surface area contributed by atoms with Crippen LogP contribution in [0.3, 0.4) is 0 Å². The lowest BCUT2D eigenvalue weighted by molar-refractivity contribution is 0.0697. The number of aromatic nitrogens is 2. The molecule has 3 aromatic carbocycles. The van der Waals surface area contributed by atoms with E-state index in [9.17, 15) is 10.1 Å². The molecular weight excluding hydrogens is 461 g/mol. The number of imidazole rings is 1. The number of fused-ring (bicyclic) bond motifs is 1. The normalized spacial score (nSPS) is 11.4. The number of nitrogens with zero attached hydrogens (tertiary/aromatic N) is 2. The summed E-state index contributed by atoms with van der Waals surface area (Å²) in [6.07, 6.45) is 1.65. The fourth-order valence-electron chi connectivity index (χ4n) is 3.27. The first kappa shape index (κ1) is 22.4. The maximum atomic E-state index is 11.0. The Balaban J connectivity index is 1.56. The summed E-state index contributed by atoms with van der Waals surface area (Å²) in [4.78, 5) is 18.6. The molecule has 0 unspecified atom stereocenters. The van der Waals surface area contributed by atoms with Crippen LogP contribution in [0.25, 0.3) is 22.7 Å². The number of aromatic carboxylic acids is 1. The average Bonchev–Trinajstić information content (AvgIpc) is 3.20. The molecule has 0 amide bonds. The third-order valence-electron chi connectivity index (χ3n) is 4.93. The third-order valence-corrected chi connectivity index (χ3v) is 5.49. The van der Waals surface area contributed by atoms with Crippen LogP contribution in [0.4, 0.5) is 0 Å². The number of benzene rings is 3. The van der Waals surface area contributed by atoms with Crippen molar-refractivity contribution in [2.24, 2.45) is 0 Å². The lowest BCUT2D eigenvalue weighted by Crippen LogP contribution is -1.99. The highest BCUT2D eigenvalue weighted by molar-refractivity contribution is 6.37. The van der Waals surface area contributed by atoms with Gasteiger partial charge in [-0.2, -0.15) is 5.26 Å². The van der Waals surface area contributed by atoms with Gasteiger partial charge in [0.2, 0.25) is 0 Å². The minimum absolute atomic E-state index is 0.163. The number of carbonyl (C=O) groups is 1. The molecule has 1 heterocycles. The van der Waals surface area contributed by atoms with Crippen LogP contribution >= 0.6 is 23.2 Å². The van der Waals surface area contributed by atoms with E-state index in [2.05, 4.69) is 16.0 Å². The van der Waals surface area contributed by atoms with Crippen molar-refractivity contribution in [2.75, 3.05) is 0 Å². The molecule has 4 rings (SSSR count). The first-order valence-corrected chi connectivity index (χ1v) is 10.6. The van der Waals surface area contributed by atoms with E-state index in [0.29, 0.717) is 22.7 Å². The monoisotopic (exact) mass is 477 g/mol. The van der Waals surface area contributed by atoms with Gasteiger partial charge >= 0.3 is 5.97 Å². The van der Waals surface area contributed by atoms with Gasteiger partial charge in [0, 0.05) is 0 Å². The van der Waals surface area contributed by atoms with Gasteiger partial charge in [-0.05, 0) is 66.1 Å². The summed E-state index contributed by atoms with van der Waals surface area (Å²) < 4.78 is 5.76. The van der Waals surface area contributed by atoms with E-state index in [0.717, 1.165) is 22.2 Å². The standard InChI is InChI=1S/C25H17Cl2N3O3/c1-14-2-7-21-22(8-14)30-24(29-21)18(12-28)9-16-10-19(26)23(20(27)11-16)33-13-15-3-5-17(6-4-15)25(31)32/h2-11H,13H2,1H3,(H,29,30)(H,31,32). The highest BCUT2D eigenvalue weighted by atomic mass is 35.5. The second-order valence-corrected chi connectivity index (χ2v) is 8.19. The predicted octanol–water partition coefficient (Wildman–Crippen LogP) is 6.52. The van der Waals surface area contributed by atoms with Crippen molar-refractivity contribution in [3.63, 3.8) is 0 Å². The van der Waals surface area contributed by atoms with E-state index in [1.807, 2.05) is 25.1 Å². The van der Waals surface area contributed by atoms with Crippen molar-refractivity contribution in [3.05, 3.63) is 92.7 Å². The maximum Gasteiger partial charge on any atom is 0.335 e. The molecule has 0 saturated carbocycles.